The molecule has 0 saturated heterocycles. The van der Waals surface area contributed by atoms with E-state index in [4.69, 9.17) is 22.1 Å². The minimum atomic E-state index is 0.376. The van der Waals surface area contributed by atoms with Gasteiger partial charge >= 0.3 is 0 Å². The Hall–Kier alpha value is -1.68. The molecule has 0 fully saturated rings. The molecule has 1 aromatic heterocycles. The maximum atomic E-state index is 6.20. The minimum absolute atomic E-state index is 0.376. The summed E-state index contributed by atoms with van der Waals surface area (Å²) < 4.78 is 7.63. The van der Waals surface area contributed by atoms with Crippen molar-refractivity contribution in [3.05, 3.63) is 39.7 Å². The fourth-order valence-corrected chi connectivity index (χ4v) is 2.26. The van der Waals surface area contributed by atoms with Gasteiger partial charge in [0.15, 0.2) is 0 Å². The van der Waals surface area contributed by atoms with Crippen LogP contribution in [0.1, 0.15) is 22.5 Å². The van der Waals surface area contributed by atoms with Gasteiger partial charge in [-0.15, -0.1) is 0 Å². The highest BCUT2D eigenvalue weighted by atomic mass is 35.5. The molecule has 0 spiro atoms. The summed E-state index contributed by atoms with van der Waals surface area (Å²) in [5, 5.41) is 4.92. The Bertz CT molecular complexity index is 620. The van der Waals surface area contributed by atoms with E-state index < -0.39 is 0 Å². The number of aryl methyl sites for hydroxylation is 3. The molecule has 0 aliphatic heterocycles. The number of halogens is 1. The van der Waals surface area contributed by atoms with Gasteiger partial charge in [-0.3, -0.25) is 4.68 Å². The van der Waals surface area contributed by atoms with Crippen molar-refractivity contribution in [3.8, 4) is 5.75 Å². The lowest BCUT2D eigenvalue weighted by atomic mass is 10.1. The van der Waals surface area contributed by atoms with Crippen LogP contribution in [0.25, 0.3) is 0 Å². The van der Waals surface area contributed by atoms with Crippen molar-refractivity contribution < 1.29 is 4.74 Å². The highest BCUT2D eigenvalue weighted by Gasteiger charge is 2.13. The molecule has 4 nitrogen and oxygen atoms in total. The molecule has 0 radical (unpaired) electrons. The molecule has 2 aromatic rings. The first kappa shape index (κ1) is 13.7. The molecule has 0 aliphatic rings. The Labute approximate surface area is 118 Å². The van der Waals surface area contributed by atoms with Crippen LogP contribution in [0.15, 0.2) is 12.1 Å². The van der Waals surface area contributed by atoms with E-state index >= 15 is 0 Å². The highest BCUT2D eigenvalue weighted by Crippen LogP contribution is 2.29. The van der Waals surface area contributed by atoms with Gasteiger partial charge in [0.2, 0.25) is 0 Å². The van der Waals surface area contributed by atoms with Crippen LogP contribution in [-0.4, -0.2) is 9.78 Å². The lowest BCUT2D eigenvalue weighted by molar-refractivity contribution is 0.291. The summed E-state index contributed by atoms with van der Waals surface area (Å²) in [6.07, 6.45) is 0. The summed E-state index contributed by atoms with van der Waals surface area (Å²) in [7, 11) is 1.86. The van der Waals surface area contributed by atoms with E-state index in [2.05, 4.69) is 5.10 Å². The maximum Gasteiger partial charge on any atom is 0.131 e. The minimum Gasteiger partial charge on any atom is -0.487 e. The van der Waals surface area contributed by atoms with Crippen LogP contribution < -0.4 is 10.5 Å². The summed E-state index contributed by atoms with van der Waals surface area (Å²) in [5.74, 6) is 0.815. The van der Waals surface area contributed by atoms with Crippen LogP contribution in [0.5, 0.6) is 5.75 Å². The van der Waals surface area contributed by atoms with Crippen molar-refractivity contribution in [2.45, 2.75) is 27.4 Å². The first-order valence-corrected chi connectivity index (χ1v) is 6.46. The van der Waals surface area contributed by atoms with E-state index in [1.807, 2.05) is 40.0 Å². The molecule has 0 saturated carbocycles. The maximum absolute atomic E-state index is 6.20. The first-order chi connectivity index (χ1) is 8.91. The van der Waals surface area contributed by atoms with Crippen molar-refractivity contribution in [2.24, 2.45) is 7.05 Å². The third-order valence-corrected chi connectivity index (χ3v) is 3.75. The predicted molar refractivity (Wildman–Crippen MR) is 77.6 cm³/mol. The highest BCUT2D eigenvalue weighted by molar-refractivity contribution is 6.31. The Balaban J connectivity index is 2.26. The molecule has 1 heterocycles. The Morgan fingerprint density at radius 1 is 1.32 bits per heavy atom. The molecule has 5 heteroatoms. The second-order valence-electron chi connectivity index (χ2n) is 4.68. The van der Waals surface area contributed by atoms with E-state index in [1.165, 1.54) is 0 Å². The zero-order chi connectivity index (χ0) is 14.2. The SMILES string of the molecule is Cc1ccc(N)c(C)c1OCc1c(Cl)c(C)nn1C. The van der Waals surface area contributed by atoms with E-state index in [1.54, 1.807) is 4.68 Å². The van der Waals surface area contributed by atoms with Crippen molar-refractivity contribution in [1.29, 1.82) is 0 Å². The predicted octanol–water partition coefficient (Wildman–Crippen LogP) is 3.16. The summed E-state index contributed by atoms with van der Waals surface area (Å²) in [5.41, 5.74) is 10.3. The number of ether oxygens (including phenoxy) is 1. The molecule has 0 bridgehead atoms. The molecule has 1 aromatic carbocycles. The Morgan fingerprint density at radius 2 is 2.00 bits per heavy atom. The molecule has 0 aliphatic carbocycles. The number of nitrogens with zero attached hydrogens (tertiary/aromatic N) is 2. The zero-order valence-corrected chi connectivity index (χ0v) is 12.4. The van der Waals surface area contributed by atoms with Crippen molar-refractivity contribution >= 4 is 17.3 Å². The number of nitrogen functional groups attached to an aromatic ring is 1. The number of hydrogen-bond donors (Lipinski definition) is 1. The largest absolute Gasteiger partial charge is 0.487 e. The normalized spacial score (nSPS) is 10.8. The lowest BCUT2D eigenvalue weighted by Gasteiger charge is -2.14. The van der Waals surface area contributed by atoms with Gasteiger partial charge < -0.3 is 10.5 Å². The second kappa shape index (κ2) is 5.13. The molecule has 0 unspecified atom stereocenters. The number of aromatic nitrogens is 2. The second-order valence-corrected chi connectivity index (χ2v) is 5.06. The van der Waals surface area contributed by atoms with Gasteiger partial charge in [-0.05, 0) is 32.4 Å². The van der Waals surface area contributed by atoms with Crippen molar-refractivity contribution in [3.63, 3.8) is 0 Å². The number of rotatable bonds is 3. The molecule has 102 valence electrons. The lowest BCUT2D eigenvalue weighted by Crippen LogP contribution is -2.06. The van der Waals surface area contributed by atoms with Gasteiger partial charge in [0, 0.05) is 18.3 Å². The van der Waals surface area contributed by atoms with E-state index in [9.17, 15) is 0 Å². The summed E-state index contributed by atoms with van der Waals surface area (Å²) in [6.45, 7) is 6.20. The van der Waals surface area contributed by atoms with E-state index in [-0.39, 0.29) is 0 Å². The Morgan fingerprint density at radius 3 is 2.58 bits per heavy atom. The average Bonchev–Trinajstić information content (AvgIpc) is 2.60. The van der Waals surface area contributed by atoms with Crippen LogP contribution >= 0.6 is 11.6 Å². The number of hydrogen-bond acceptors (Lipinski definition) is 3. The van der Waals surface area contributed by atoms with Gasteiger partial charge in [0.1, 0.15) is 12.4 Å². The molecule has 0 amide bonds. The summed E-state index contributed by atoms with van der Waals surface area (Å²) in [4.78, 5) is 0. The number of anilines is 1. The van der Waals surface area contributed by atoms with Gasteiger partial charge in [0.25, 0.3) is 0 Å². The molecule has 2 N–H and O–H groups in total. The third-order valence-electron chi connectivity index (χ3n) is 3.26. The summed E-state index contributed by atoms with van der Waals surface area (Å²) >= 11 is 6.20. The van der Waals surface area contributed by atoms with Gasteiger partial charge in [-0.1, -0.05) is 17.7 Å². The van der Waals surface area contributed by atoms with Crippen LogP contribution in [0.2, 0.25) is 5.02 Å². The van der Waals surface area contributed by atoms with Crippen LogP contribution in [0.3, 0.4) is 0 Å². The standard InChI is InChI=1S/C14H18ClN3O/c1-8-5-6-11(16)9(2)14(8)19-7-12-13(15)10(3)17-18(12)4/h5-6H,7,16H2,1-4H3. The molecule has 19 heavy (non-hydrogen) atoms. The third kappa shape index (κ3) is 2.54. The zero-order valence-electron chi connectivity index (χ0n) is 11.6. The van der Waals surface area contributed by atoms with Crippen molar-refractivity contribution in [1.82, 2.24) is 9.78 Å². The van der Waals surface area contributed by atoms with Crippen LogP contribution in [0.4, 0.5) is 5.69 Å². The van der Waals surface area contributed by atoms with E-state index in [0.29, 0.717) is 11.6 Å². The van der Waals surface area contributed by atoms with Crippen LogP contribution in [0, 0.1) is 20.8 Å². The topological polar surface area (TPSA) is 53.1 Å². The molecular weight excluding hydrogens is 262 g/mol. The smallest absolute Gasteiger partial charge is 0.131 e. The fraction of sp³-hybridized carbons (Fsp3) is 0.357. The molecule has 2 rings (SSSR count). The van der Waals surface area contributed by atoms with Crippen molar-refractivity contribution in [2.75, 3.05) is 5.73 Å². The average molecular weight is 280 g/mol. The monoisotopic (exact) mass is 279 g/mol. The Kier molecular flexibility index (Phi) is 3.71. The van der Waals surface area contributed by atoms with Crippen LogP contribution in [-0.2, 0) is 13.7 Å². The number of benzene rings is 1. The fourth-order valence-electron chi connectivity index (χ4n) is 2.04. The van der Waals surface area contributed by atoms with Gasteiger partial charge in [0.05, 0.1) is 16.4 Å². The number of nitrogens with two attached hydrogens (primary N) is 1. The van der Waals surface area contributed by atoms with E-state index in [0.717, 1.165) is 34.0 Å². The summed E-state index contributed by atoms with van der Waals surface area (Å²) in [6, 6.07) is 3.84. The quantitative estimate of drug-likeness (QED) is 0.878. The van der Waals surface area contributed by atoms with Gasteiger partial charge in [-0.2, -0.15) is 5.10 Å². The first-order valence-electron chi connectivity index (χ1n) is 6.08. The molecule has 0 atom stereocenters. The van der Waals surface area contributed by atoms with Gasteiger partial charge in [-0.25, -0.2) is 0 Å². The molecular formula is C14H18ClN3O.